The van der Waals surface area contributed by atoms with E-state index in [4.69, 9.17) is 22.6 Å². The SMILES string of the molecule is CSCC[C@H](NC(=O)[C@H](CCC(N)=O)NC(=O)[C@H](Cc1c[nH]cn1)NC(=O)[C@H](CC(=O)O)NC(=O)[C@@H](NC(=O)[C@@H](NC(=O)[C@H](Cc1ccccc1)NC(=O)[C@H](CS)NC(=O)[C@@H]1CCCN1C(=O)[C@H](CCSC)NC(=O)[C@H](CS)NC(=O)[C@@H](N)CCSC)[C@@H](C)O)[C@@H](C)O)C(=O)N[C@@H](C)C(=O)N[C@@H](CCCNC(=N)N)C(=O)O. The van der Waals surface area contributed by atoms with Crippen molar-refractivity contribution in [3.8, 4) is 0 Å². The first-order valence-corrected chi connectivity index (χ1v) is 41.0. The predicted octanol–water partition coefficient (Wildman–Crippen LogP) is -6.68. The van der Waals surface area contributed by atoms with E-state index in [9.17, 15) is 97.1 Å². The number of benzene rings is 1. The number of carbonyl (C=O) groups is 16. The second-order valence-corrected chi connectivity index (χ2v) is 29.8. The van der Waals surface area contributed by atoms with Gasteiger partial charge in [0.25, 0.3) is 0 Å². The van der Waals surface area contributed by atoms with E-state index >= 15 is 0 Å². The van der Waals surface area contributed by atoms with Crippen LogP contribution < -0.4 is 86.3 Å². The Labute approximate surface area is 670 Å². The van der Waals surface area contributed by atoms with Gasteiger partial charge in [0.15, 0.2) is 5.96 Å². The third-order valence-electron chi connectivity index (χ3n) is 17.2. The molecule has 1 aliphatic heterocycles. The number of aliphatic hydroxyl groups excluding tert-OH is 2. The molecule has 1 aromatic heterocycles. The Morgan fingerprint density at radius 3 is 1.56 bits per heavy atom. The number of nitrogens with one attached hydrogen (secondary N) is 15. The van der Waals surface area contributed by atoms with Crippen molar-refractivity contribution in [1.82, 2.24) is 84.0 Å². The van der Waals surface area contributed by atoms with Gasteiger partial charge in [-0.15, -0.1) is 0 Å². The Morgan fingerprint density at radius 1 is 0.562 bits per heavy atom. The number of thioether (sulfide) groups is 3. The number of hydrogen-bond donors (Lipinski definition) is 24. The number of nitrogens with zero attached hydrogens (tertiary/aromatic N) is 2. The van der Waals surface area contributed by atoms with Gasteiger partial charge >= 0.3 is 11.9 Å². The first-order chi connectivity index (χ1) is 53.0. The monoisotopic (exact) mass is 1670 g/mol. The summed E-state index contributed by atoms with van der Waals surface area (Å²) < 4.78 is 0. The average molecular weight is 1670 g/mol. The lowest BCUT2D eigenvalue weighted by Crippen LogP contribution is -2.64. The van der Waals surface area contributed by atoms with Crippen LogP contribution in [0, 0.1) is 5.41 Å². The van der Waals surface area contributed by atoms with Crippen molar-refractivity contribution in [3.05, 3.63) is 54.1 Å². The maximum atomic E-state index is 14.5. The van der Waals surface area contributed by atoms with Gasteiger partial charge < -0.3 is 117 Å². The zero-order valence-electron chi connectivity index (χ0n) is 62.8. The van der Waals surface area contributed by atoms with Crippen LogP contribution in [-0.4, -0.2) is 293 Å². The number of carboxylic acid groups (broad SMARTS) is 2. The number of rotatable bonds is 52. The lowest BCUT2D eigenvalue weighted by atomic mass is 10.0. The molecule has 1 saturated heterocycles. The van der Waals surface area contributed by atoms with Crippen molar-refractivity contribution in [1.29, 1.82) is 5.41 Å². The first-order valence-electron chi connectivity index (χ1n) is 35.6. The summed E-state index contributed by atoms with van der Waals surface area (Å²) in [6.07, 6.45) is 1.96. The molecule has 40 nitrogen and oxygen atoms in total. The van der Waals surface area contributed by atoms with Crippen LogP contribution in [0.5, 0.6) is 0 Å². The molecule has 2 aromatic rings. The molecule has 0 aliphatic carbocycles. The van der Waals surface area contributed by atoms with Crippen LogP contribution in [0.1, 0.15) is 96.2 Å². The Balaban J connectivity index is 1.87. The second kappa shape index (κ2) is 50.8. The van der Waals surface area contributed by atoms with Crippen LogP contribution in [0.25, 0.3) is 0 Å². The molecular formula is C67H106N20O20S5. The Bertz CT molecular complexity index is 3520. The number of amides is 14. The van der Waals surface area contributed by atoms with Crippen LogP contribution in [0.15, 0.2) is 42.9 Å². The molecule has 1 fully saturated rings. The topological polar surface area (TPSA) is 644 Å². The summed E-state index contributed by atoms with van der Waals surface area (Å²) >= 11 is 12.7. The number of carboxylic acids is 2. The van der Waals surface area contributed by atoms with Crippen molar-refractivity contribution in [2.45, 2.75) is 195 Å². The van der Waals surface area contributed by atoms with E-state index in [1.165, 1.54) is 59.6 Å². The minimum absolute atomic E-state index is 0.0851. The second-order valence-electron chi connectivity index (χ2n) is 26.1. The first kappa shape index (κ1) is 97.0. The summed E-state index contributed by atoms with van der Waals surface area (Å²) in [7, 11) is 0. The van der Waals surface area contributed by atoms with Crippen molar-refractivity contribution in [3.63, 3.8) is 0 Å². The van der Waals surface area contributed by atoms with Gasteiger partial charge in [-0.1, -0.05) is 30.3 Å². The van der Waals surface area contributed by atoms with Gasteiger partial charge in [-0.05, 0) is 114 Å². The average Bonchev–Trinajstić information content (AvgIpc) is 1.56. The molecular weight excluding hydrogens is 1570 g/mol. The van der Waals surface area contributed by atoms with Gasteiger partial charge in [-0.3, -0.25) is 77.3 Å². The predicted molar refractivity (Wildman–Crippen MR) is 422 cm³/mol. The van der Waals surface area contributed by atoms with Gasteiger partial charge in [-0.25, -0.2) is 9.78 Å². The van der Waals surface area contributed by atoms with Gasteiger partial charge in [0.1, 0.15) is 78.5 Å². The third kappa shape index (κ3) is 34.0. The van der Waals surface area contributed by atoms with E-state index < -0.39 is 217 Å². The number of imidazole rings is 1. The number of nitrogens with two attached hydrogens (primary N) is 3. The molecule has 16 atom stereocenters. The molecule has 2 heterocycles. The zero-order chi connectivity index (χ0) is 83.9. The van der Waals surface area contributed by atoms with Crippen LogP contribution in [0.2, 0.25) is 0 Å². The molecule has 0 radical (unpaired) electrons. The van der Waals surface area contributed by atoms with E-state index in [1.54, 1.807) is 42.8 Å². The van der Waals surface area contributed by atoms with Crippen LogP contribution in [0.3, 0.4) is 0 Å². The number of thiol groups is 2. The molecule has 3 rings (SSSR count). The maximum absolute atomic E-state index is 14.5. The molecule has 0 spiro atoms. The molecule has 0 bridgehead atoms. The minimum atomic E-state index is -2.16. The number of guanidine groups is 1. The Hall–Kier alpha value is -9.15. The number of aliphatic hydroxyl groups is 2. The van der Waals surface area contributed by atoms with E-state index in [1.807, 2.05) is 6.26 Å². The molecule has 45 heteroatoms. The molecule has 0 unspecified atom stereocenters. The molecule has 25 N–H and O–H groups in total. The zero-order valence-corrected chi connectivity index (χ0v) is 67.0. The van der Waals surface area contributed by atoms with Crippen LogP contribution >= 0.6 is 60.5 Å². The van der Waals surface area contributed by atoms with Crippen molar-refractivity contribution in [2.24, 2.45) is 17.2 Å². The molecule has 1 aliphatic rings. The maximum Gasteiger partial charge on any atom is 0.326 e. The number of carbonyl (C=O) groups excluding carboxylic acids is 14. The fourth-order valence-electron chi connectivity index (χ4n) is 11.0. The summed E-state index contributed by atoms with van der Waals surface area (Å²) in [4.78, 5) is 227. The highest BCUT2D eigenvalue weighted by Crippen LogP contribution is 2.21. The van der Waals surface area contributed by atoms with Crippen molar-refractivity contribution < 1.29 is 97.1 Å². The van der Waals surface area contributed by atoms with Gasteiger partial charge in [-0.2, -0.15) is 60.5 Å². The lowest BCUT2D eigenvalue weighted by Gasteiger charge is -2.31. The number of likely N-dealkylation sites (tertiary alicyclic amines) is 1. The van der Waals surface area contributed by atoms with Crippen molar-refractivity contribution >= 4 is 161 Å². The third-order valence-corrected chi connectivity index (χ3v) is 19.9. The number of hydrogen-bond acceptors (Lipinski definition) is 26. The highest BCUT2D eigenvalue weighted by atomic mass is 32.2. The number of H-pyrrole nitrogens is 1. The van der Waals surface area contributed by atoms with Crippen LogP contribution in [-0.2, 0) is 89.6 Å². The summed E-state index contributed by atoms with van der Waals surface area (Å²) in [5.41, 5.74) is 17.3. The smallest absolute Gasteiger partial charge is 0.326 e. The summed E-state index contributed by atoms with van der Waals surface area (Å²) in [5, 5.41) is 80.7. The van der Waals surface area contributed by atoms with Gasteiger partial charge in [0, 0.05) is 50.1 Å². The highest BCUT2D eigenvalue weighted by Gasteiger charge is 2.42. The quantitative estimate of drug-likeness (QED) is 0.0127. The van der Waals surface area contributed by atoms with E-state index in [2.05, 4.69) is 104 Å². The molecule has 112 heavy (non-hydrogen) atoms. The Kier molecular flexibility index (Phi) is 44.0. The van der Waals surface area contributed by atoms with Crippen LogP contribution in [0.4, 0.5) is 0 Å². The number of primary amides is 1. The molecule has 624 valence electrons. The van der Waals surface area contributed by atoms with E-state index in [0.717, 1.165) is 13.8 Å². The van der Waals surface area contributed by atoms with E-state index in [0.29, 0.717) is 29.9 Å². The normalized spacial score (nSPS) is 16.5. The lowest BCUT2D eigenvalue weighted by molar-refractivity contribution is -0.142. The fourth-order valence-corrected chi connectivity index (χ4v) is 13.0. The molecule has 1 aromatic carbocycles. The summed E-state index contributed by atoms with van der Waals surface area (Å²) in [6.45, 7) is 3.52. The number of aromatic amines is 1. The van der Waals surface area contributed by atoms with Gasteiger partial charge in [0.05, 0.1) is 36.7 Å². The number of aliphatic carboxylic acids is 2. The van der Waals surface area contributed by atoms with Gasteiger partial charge in [0.2, 0.25) is 82.7 Å². The standard InChI is InChI=1S/C67H106N20O20S5/c1-33(53(93)79-42(66(106)107)14-10-21-73-67(70)71)75-55(95)40(19-24-111-5)77-56(96)39(16-17-49(69)90)76-57(97)44(27-37-29-72-32-74-37)81-58(98)45(28-50(91)92)82-63(103)51(34(2)88)86-64(104)52(35(3)89)85-59(99)43(26-36-12-8-7-9-13-36)80-61(101)47(31-109)84-62(102)48-15-11-22-87(48)65(105)41(20-25-112-6)78-60(100)46(30-108)83-54(94)38(68)18-23-110-4/h7-9,12-13,29,32-35,38-48,51-52,88-89,108-109H,10-11,14-28,30-31,68H2,1-6H3,(H2,69,90)(H,72,74)(H,75,95)(H,76,97)(H,77,96)(H,78,100)(H,79,93)(H,80,101)(H,81,98)(H,82,103)(H,83,94)(H,84,102)(H,85,99)(H,86,104)(H,91,92)(H,106,107)(H4,70,71,73)/t33-,34+,35+,38-,39-,40-,41-,42-,43-,44-,45-,46-,47-,48-,51-,52-/m0/s1. The summed E-state index contributed by atoms with van der Waals surface area (Å²) in [6, 6.07) is -13.5. The molecule has 0 saturated carbocycles. The Morgan fingerprint density at radius 2 is 1.03 bits per heavy atom. The highest BCUT2D eigenvalue weighted by molar-refractivity contribution is 7.99. The molecule has 14 amide bonds. The number of aromatic nitrogens is 2. The van der Waals surface area contributed by atoms with E-state index in [-0.39, 0.29) is 80.5 Å². The summed E-state index contributed by atoms with van der Waals surface area (Å²) in [5.74, 6) is -16.8. The van der Waals surface area contributed by atoms with Crippen molar-refractivity contribution in [2.75, 3.05) is 60.6 Å². The largest absolute Gasteiger partial charge is 0.481 e. The minimum Gasteiger partial charge on any atom is -0.481 e. The fraction of sp³-hybridized carbons (Fsp3) is 0.612.